The standard InChI is InChI=1S/C11H11Br2NO/c12-6-11(15)10-3-1-7-5-8(13)2-4-9(7)14-10/h3,5,8H,1-2,4,6H2. The van der Waals surface area contributed by atoms with E-state index in [1.165, 1.54) is 5.57 Å². The fourth-order valence-corrected chi connectivity index (χ4v) is 2.62. The Labute approximate surface area is 106 Å². The molecular formula is C11H11Br2NO. The number of hydrogen-bond acceptors (Lipinski definition) is 2. The molecular weight excluding hydrogens is 322 g/mol. The number of hydrogen-bond donors (Lipinski definition) is 0. The second kappa shape index (κ2) is 4.74. The molecule has 4 heteroatoms. The maximum Gasteiger partial charge on any atom is 0.191 e. The quantitative estimate of drug-likeness (QED) is 0.714. The number of carbonyl (C=O) groups excluding carboxylic acids is 1. The van der Waals surface area contributed by atoms with Crippen molar-refractivity contribution in [3.63, 3.8) is 0 Å². The summed E-state index contributed by atoms with van der Waals surface area (Å²) in [7, 11) is 0. The topological polar surface area (TPSA) is 29.4 Å². The number of rotatable bonds is 2. The van der Waals surface area contributed by atoms with E-state index in [4.69, 9.17) is 0 Å². The van der Waals surface area contributed by atoms with E-state index in [9.17, 15) is 4.79 Å². The van der Waals surface area contributed by atoms with Crippen molar-refractivity contribution in [2.45, 2.75) is 24.1 Å². The van der Waals surface area contributed by atoms with Gasteiger partial charge in [0.15, 0.2) is 5.78 Å². The lowest BCUT2D eigenvalue weighted by Gasteiger charge is -2.21. The van der Waals surface area contributed by atoms with Gasteiger partial charge in [-0.3, -0.25) is 4.79 Å². The van der Waals surface area contributed by atoms with Crippen molar-refractivity contribution >= 4 is 43.4 Å². The zero-order valence-electron chi connectivity index (χ0n) is 8.17. The van der Waals surface area contributed by atoms with Crippen molar-refractivity contribution in [3.8, 4) is 0 Å². The first-order valence-electron chi connectivity index (χ1n) is 4.92. The molecule has 80 valence electrons. The lowest BCUT2D eigenvalue weighted by atomic mass is 9.92. The molecule has 15 heavy (non-hydrogen) atoms. The van der Waals surface area contributed by atoms with Gasteiger partial charge in [0.1, 0.15) is 5.70 Å². The van der Waals surface area contributed by atoms with E-state index in [1.807, 2.05) is 6.08 Å². The predicted octanol–water partition coefficient (Wildman–Crippen LogP) is 3.16. The van der Waals surface area contributed by atoms with Gasteiger partial charge < -0.3 is 0 Å². The van der Waals surface area contributed by atoms with Crippen LogP contribution in [0.4, 0.5) is 0 Å². The summed E-state index contributed by atoms with van der Waals surface area (Å²) in [5.41, 5.74) is 2.98. The average molecular weight is 333 g/mol. The maximum atomic E-state index is 11.5. The zero-order valence-corrected chi connectivity index (χ0v) is 11.3. The van der Waals surface area contributed by atoms with Gasteiger partial charge in [0.2, 0.25) is 0 Å². The highest BCUT2D eigenvalue weighted by molar-refractivity contribution is 9.09. The van der Waals surface area contributed by atoms with Crippen LogP contribution in [0.1, 0.15) is 19.3 Å². The lowest BCUT2D eigenvalue weighted by molar-refractivity contribution is -0.113. The number of nitrogens with zero attached hydrogens (tertiary/aromatic N) is 1. The molecule has 0 amide bonds. The van der Waals surface area contributed by atoms with E-state index in [2.05, 4.69) is 42.9 Å². The van der Waals surface area contributed by atoms with Gasteiger partial charge in [-0.15, -0.1) is 0 Å². The Bertz CT molecular complexity index is 382. The fraction of sp³-hybridized carbons (Fsp3) is 0.455. The predicted molar refractivity (Wildman–Crippen MR) is 69.0 cm³/mol. The summed E-state index contributed by atoms with van der Waals surface area (Å²) in [5.74, 6) is 0.0718. The molecule has 1 aliphatic carbocycles. The number of ketones is 1. The van der Waals surface area contributed by atoms with E-state index < -0.39 is 0 Å². The number of aliphatic imine (C=N–C) groups is 1. The molecule has 0 saturated heterocycles. The van der Waals surface area contributed by atoms with Crippen LogP contribution in [0.2, 0.25) is 0 Å². The van der Waals surface area contributed by atoms with Crippen molar-refractivity contribution in [2.75, 3.05) is 5.33 Å². The van der Waals surface area contributed by atoms with Crippen LogP contribution in [-0.4, -0.2) is 21.7 Å². The molecule has 0 bridgehead atoms. The number of allylic oxidation sites excluding steroid dienone is 4. The van der Waals surface area contributed by atoms with Gasteiger partial charge in [-0.25, -0.2) is 4.99 Å². The summed E-state index contributed by atoms with van der Waals surface area (Å²) in [6, 6.07) is 0. The Kier molecular flexibility index (Phi) is 3.57. The molecule has 0 radical (unpaired) electrons. The first-order chi connectivity index (χ1) is 7.20. The first kappa shape index (κ1) is 11.3. The number of carbonyl (C=O) groups is 1. The van der Waals surface area contributed by atoms with E-state index in [1.54, 1.807) is 0 Å². The molecule has 1 aliphatic heterocycles. The first-order valence-corrected chi connectivity index (χ1v) is 6.96. The number of alkyl halides is 2. The van der Waals surface area contributed by atoms with Crippen molar-refractivity contribution in [2.24, 2.45) is 4.99 Å². The number of Topliss-reactive ketones (excluding diaryl/α,β-unsaturated/α-hetero) is 1. The third-order valence-electron chi connectivity index (χ3n) is 2.59. The highest BCUT2D eigenvalue weighted by Crippen LogP contribution is 2.28. The summed E-state index contributed by atoms with van der Waals surface area (Å²) in [5, 5.41) is 0.357. The van der Waals surface area contributed by atoms with Crippen molar-refractivity contribution < 1.29 is 4.79 Å². The monoisotopic (exact) mass is 331 g/mol. The molecule has 1 heterocycles. The van der Waals surface area contributed by atoms with Crippen LogP contribution in [0.5, 0.6) is 0 Å². The Morgan fingerprint density at radius 3 is 3.13 bits per heavy atom. The Hall–Kier alpha value is -0.220. The normalized spacial score (nSPS) is 24.9. The molecule has 0 aromatic carbocycles. The van der Waals surface area contributed by atoms with Gasteiger partial charge in [0, 0.05) is 10.5 Å². The van der Waals surface area contributed by atoms with Crippen LogP contribution < -0.4 is 0 Å². The Balaban J connectivity index is 2.23. The Morgan fingerprint density at radius 2 is 2.40 bits per heavy atom. The molecule has 1 atom stereocenters. The van der Waals surface area contributed by atoms with Crippen LogP contribution in [-0.2, 0) is 4.79 Å². The fourth-order valence-electron chi connectivity index (χ4n) is 1.79. The highest BCUT2D eigenvalue weighted by atomic mass is 79.9. The van der Waals surface area contributed by atoms with Crippen LogP contribution in [0.15, 0.2) is 28.4 Å². The van der Waals surface area contributed by atoms with Crippen LogP contribution in [0, 0.1) is 0 Å². The summed E-state index contributed by atoms with van der Waals surface area (Å²) in [4.78, 5) is 16.3. The van der Waals surface area contributed by atoms with Gasteiger partial charge in [0.25, 0.3) is 0 Å². The minimum atomic E-state index is 0.0718. The molecule has 2 aliphatic rings. The van der Waals surface area contributed by atoms with Crippen molar-refractivity contribution in [3.05, 3.63) is 23.4 Å². The summed E-state index contributed by atoms with van der Waals surface area (Å²) >= 11 is 6.75. The SMILES string of the molecule is O=C(CBr)C1=CCC2=CC(Br)CCC2=N1. The summed E-state index contributed by atoms with van der Waals surface area (Å²) in [6.45, 7) is 0. The molecule has 0 aromatic rings. The molecule has 0 N–H and O–H groups in total. The van der Waals surface area contributed by atoms with Crippen LogP contribution >= 0.6 is 31.9 Å². The molecule has 0 fully saturated rings. The largest absolute Gasteiger partial charge is 0.292 e. The van der Waals surface area contributed by atoms with E-state index in [-0.39, 0.29) is 5.78 Å². The minimum absolute atomic E-state index is 0.0718. The third-order valence-corrected chi connectivity index (χ3v) is 3.82. The van der Waals surface area contributed by atoms with Crippen LogP contribution in [0.3, 0.4) is 0 Å². The number of fused-ring (bicyclic) bond motifs is 1. The second-order valence-electron chi connectivity index (χ2n) is 3.66. The van der Waals surface area contributed by atoms with E-state index >= 15 is 0 Å². The zero-order chi connectivity index (χ0) is 10.8. The van der Waals surface area contributed by atoms with Crippen molar-refractivity contribution in [1.82, 2.24) is 0 Å². The Morgan fingerprint density at radius 1 is 1.60 bits per heavy atom. The van der Waals surface area contributed by atoms with Gasteiger partial charge in [0.05, 0.1) is 5.33 Å². The molecule has 0 aromatic heterocycles. The minimum Gasteiger partial charge on any atom is -0.292 e. The number of halogens is 2. The smallest absolute Gasteiger partial charge is 0.191 e. The van der Waals surface area contributed by atoms with Crippen LogP contribution in [0.25, 0.3) is 0 Å². The molecule has 1 unspecified atom stereocenters. The summed E-state index contributed by atoms with van der Waals surface area (Å²) < 4.78 is 0. The molecule has 0 saturated carbocycles. The van der Waals surface area contributed by atoms with Gasteiger partial charge in [-0.1, -0.05) is 44.0 Å². The molecule has 2 nitrogen and oxygen atoms in total. The molecule has 0 spiro atoms. The van der Waals surface area contributed by atoms with Gasteiger partial charge >= 0.3 is 0 Å². The highest BCUT2D eigenvalue weighted by Gasteiger charge is 2.21. The van der Waals surface area contributed by atoms with E-state index in [0.29, 0.717) is 15.9 Å². The second-order valence-corrected chi connectivity index (χ2v) is 5.39. The average Bonchev–Trinajstić information content (AvgIpc) is 2.27. The third kappa shape index (κ3) is 2.48. The van der Waals surface area contributed by atoms with Gasteiger partial charge in [-0.2, -0.15) is 0 Å². The summed E-state index contributed by atoms with van der Waals surface area (Å²) in [6.07, 6.45) is 7.00. The van der Waals surface area contributed by atoms with Gasteiger partial charge in [-0.05, 0) is 24.8 Å². The maximum absolute atomic E-state index is 11.5. The molecule has 2 rings (SSSR count). The van der Waals surface area contributed by atoms with E-state index in [0.717, 1.165) is 25.0 Å². The van der Waals surface area contributed by atoms with Crippen molar-refractivity contribution in [1.29, 1.82) is 0 Å². The lowest BCUT2D eigenvalue weighted by Crippen LogP contribution is -2.18.